The third-order valence-electron chi connectivity index (χ3n) is 4.84. The molecule has 114 valence electrons. The van der Waals surface area contributed by atoms with Crippen molar-refractivity contribution in [2.45, 2.75) is 56.8 Å². The molecule has 0 spiro atoms. The Hall–Kier alpha value is -1.56. The molecule has 4 rings (SSSR count). The SMILES string of the molecule is O=C(Cn1cc(NC2CCN3CCCC23)cn1)NC1CC1. The number of anilines is 1. The monoisotopic (exact) mass is 289 g/mol. The van der Waals surface area contributed by atoms with E-state index in [9.17, 15) is 4.79 Å². The van der Waals surface area contributed by atoms with Gasteiger partial charge < -0.3 is 10.6 Å². The molecule has 0 radical (unpaired) electrons. The van der Waals surface area contributed by atoms with Crippen LogP contribution in [0.2, 0.25) is 0 Å². The number of hydrogen-bond donors (Lipinski definition) is 2. The first-order valence-electron chi connectivity index (χ1n) is 8.10. The van der Waals surface area contributed by atoms with Crippen LogP contribution in [0, 0.1) is 0 Å². The van der Waals surface area contributed by atoms with Crippen LogP contribution in [0.4, 0.5) is 5.69 Å². The number of nitrogens with one attached hydrogen (secondary N) is 2. The summed E-state index contributed by atoms with van der Waals surface area (Å²) in [6, 6.07) is 1.63. The molecule has 1 aliphatic carbocycles. The molecule has 1 amide bonds. The topological polar surface area (TPSA) is 62.2 Å². The number of rotatable bonds is 5. The van der Waals surface area contributed by atoms with Gasteiger partial charge in [0.1, 0.15) is 6.54 Å². The molecule has 1 aromatic rings. The number of aromatic nitrogens is 2. The first kappa shape index (κ1) is 13.1. The van der Waals surface area contributed by atoms with E-state index in [-0.39, 0.29) is 5.91 Å². The molecule has 0 bridgehead atoms. The van der Waals surface area contributed by atoms with Crippen LogP contribution in [-0.4, -0.2) is 51.8 Å². The average molecular weight is 289 g/mol. The molecule has 3 aliphatic rings. The van der Waals surface area contributed by atoms with Crippen LogP contribution < -0.4 is 10.6 Å². The lowest BCUT2D eigenvalue weighted by Crippen LogP contribution is -2.33. The van der Waals surface area contributed by atoms with E-state index in [0.717, 1.165) is 18.5 Å². The second kappa shape index (κ2) is 5.33. The summed E-state index contributed by atoms with van der Waals surface area (Å²) in [5, 5.41) is 10.9. The molecule has 3 fully saturated rings. The molecular weight excluding hydrogens is 266 g/mol. The molecule has 1 saturated carbocycles. The summed E-state index contributed by atoms with van der Waals surface area (Å²) < 4.78 is 1.72. The molecule has 2 atom stereocenters. The average Bonchev–Trinajstić information content (AvgIpc) is 2.89. The van der Waals surface area contributed by atoms with E-state index in [1.165, 1.54) is 32.4 Å². The zero-order valence-electron chi connectivity index (χ0n) is 12.3. The minimum Gasteiger partial charge on any atom is -0.378 e. The number of carbonyl (C=O) groups excluding carboxylic acids is 1. The highest BCUT2D eigenvalue weighted by Crippen LogP contribution is 2.29. The first-order chi connectivity index (χ1) is 10.3. The van der Waals surface area contributed by atoms with Gasteiger partial charge in [-0.1, -0.05) is 0 Å². The molecule has 3 heterocycles. The molecule has 2 saturated heterocycles. The summed E-state index contributed by atoms with van der Waals surface area (Å²) in [6.07, 6.45) is 9.86. The molecule has 6 heteroatoms. The second-order valence-electron chi connectivity index (χ2n) is 6.55. The van der Waals surface area contributed by atoms with Gasteiger partial charge in [0.05, 0.1) is 11.9 Å². The Morgan fingerprint density at radius 1 is 1.29 bits per heavy atom. The lowest BCUT2D eigenvalue weighted by atomic mass is 10.1. The van der Waals surface area contributed by atoms with Gasteiger partial charge in [0.25, 0.3) is 0 Å². The van der Waals surface area contributed by atoms with Crippen molar-refractivity contribution in [3.05, 3.63) is 12.4 Å². The van der Waals surface area contributed by atoms with E-state index in [1.807, 2.05) is 12.4 Å². The summed E-state index contributed by atoms with van der Waals surface area (Å²) in [5.74, 6) is 0.0648. The van der Waals surface area contributed by atoms with Crippen LogP contribution in [0.5, 0.6) is 0 Å². The van der Waals surface area contributed by atoms with E-state index >= 15 is 0 Å². The summed E-state index contributed by atoms with van der Waals surface area (Å²) >= 11 is 0. The van der Waals surface area contributed by atoms with Crippen LogP contribution >= 0.6 is 0 Å². The van der Waals surface area contributed by atoms with Crippen LogP contribution in [0.15, 0.2) is 12.4 Å². The molecule has 1 aromatic heterocycles. The molecule has 21 heavy (non-hydrogen) atoms. The van der Waals surface area contributed by atoms with Gasteiger partial charge in [-0.3, -0.25) is 14.4 Å². The van der Waals surface area contributed by atoms with E-state index in [0.29, 0.717) is 24.7 Å². The summed E-state index contributed by atoms with van der Waals surface area (Å²) in [5.41, 5.74) is 1.04. The Balaban J connectivity index is 1.32. The standard InChI is InChI=1S/C15H23N5O/c21-15(18-11-3-4-11)10-20-9-12(8-16-20)17-13-5-7-19-6-1-2-14(13)19/h8-9,11,13-14,17H,1-7,10H2,(H,18,21). The zero-order valence-corrected chi connectivity index (χ0v) is 12.3. The van der Waals surface area contributed by atoms with Gasteiger partial charge in [0.15, 0.2) is 0 Å². The van der Waals surface area contributed by atoms with Gasteiger partial charge in [-0.15, -0.1) is 0 Å². The highest BCUT2D eigenvalue weighted by atomic mass is 16.2. The first-order valence-corrected chi connectivity index (χ1v) is 8.10. The summed E-state index contributed by atoms with van der Waals surface area (Å²) in [6.45, 7) is 2.78. The Kier molecular flexibility index (Phi) is 3.33. The van der Waals surface area contributed by atoms with Crippen molar-refractivity contribution in [2.24, 2.45) is 0 Å². The molecule has 2 unspecified atom stereocenters. The van der Waals surface area contributed by atoms with Crippen molar-refractivity contribution in [1.29, 1.82) is 0 Å². The van der Waals surface area contributed by atoms with Gasteiger partial charge in [-0.2, -0.15) is 5.10 Å². The van der Waals surface area contributed by atoms with Crippen LogP contribution in [0.3, 0.4) is 0 Å². The zero-order chi connectivity index (χ0) is 14.2. The maximum Gasteiger partial charge on any atom is 0.241 e. The molecule has 6 nitrogen and oxygen atoms in total. The number of amides is 1. The number of nitrogens with zero attached hydrogens (tertiary/aromatic N) is 3. The van der Waals surface area contributed by atoms with E-state index < -0.39 is 0 Å². The quantitative estimate of drug-likeness (QED) is 0.842. The van der Waals surface area contributed by atoms with Crippen molar-refractivity contribution >= 4 is 11.6 Å². The predicted octanol–water partition coefficient (Wildman–Crippen LogP) is 0.810. The number of carbonyl (C=O) groups is 1. The third-order valence-corrected chi connectivity index (χ3v) is 4.84. The minimum atomic E-state index is 0.0648. The van der Waals surface area contributed by atoms with Gasteiger partial charge in [-0.25, -0.2) is 0 Å². The number of hydrogen-bond acceptors (Lipinski definition) is 4. The van der Waals surface area contributed by atoms with Crippen molar-refractivity contribution in [1.82, 2.24) is 20.0 Å². The number of fused-ring (bicyclic) bond motifs is 1. The van der Waals surface area contributed by atoms with Crippen LogP contribution in [0.25, 0.3) is 0 Å². The van der Waals surface area contributed by atoms with E-state index in [1.54, 1.807) is 4.68 Å². The van der Waals surface area contributed by atoms with Crippen LogP contribution in [0.1, 0.15) is 32.1 Å². The predicted molar refractivity (Wildman–Crippen MR) is 80.0 cm³/mol. The fourth-order valence-electron chi connectivity index (χ4n) is 3.64. The maximum atomic E-state index is 11.8. The largest absolute Gasteiger partial charge is 0.378 e. The Morgan fingerprint density at radius 2 is 2.19 bits per heavy atom. The highest BCUT2D eigenvalue weighted by Gasteiger charge is 2.37. The van der Waals surface area contributed by atoms with Gasteiger partial charge in [-0.05, 0) is 38.6 Å². The normalized spacial score (nSPS) is 28.6. The molecule has 0 aromatic carbocycles. The maximum absolute atomic E-state index is 11.8. The molecule has 2 aliphatic heterocycles. The highest BCUT2D eigenvalue weighted by molar-refractivity contribution is 5.76. The summed E-state index contributed by atoms with van der Waals surface area (Å²) in [4.78, 5) is 14.4. The van der Waals surface area contributed by atoms with Crippen molar-refractivity contribution < 1.29 is 4.79 Å². The van der Waals surface area contributed by atoms with E-state index in [4.69, 9.17) is 0 Å². The van der Waals surface area contributed by atoms with Gasteiger partial charge in [0.2, 0.25) is 5.91 Å². The lowest BCUT2D eigenvalue weighted by molar-refractivity contribution is -0.122. The Labute approximate surface area is 124 Å². The fraction of sp³-hybridized carbons (Fsp3) is 0.733. The van der Waals surface area contributed by atoms with Gasteiger partial charge >= 0.3 is 0 Å². The van der Waals surface area contributed by atoms with Crippen molar-refractivity contribution in [3.8, 4) is 0 Å². The molecule has 2 N–H and O–H groups in total. The van der Waals surface area contributed by atoms with Crippen LogP contribution in [-0.2, 0) is 11.3 Å². The fourth-order valence-corrected chi connectivity index (χ4v) is 3.64. The van der Waals surface area contributed by atoms with E-state index in [2.05, 4.69) is 20.6 Å². The Bertz CT molecular complexity index is 524. The Morgan fingerprint density at radius 3 is 3.05 bits per heavy atom. The van der Waals surface area contributed by atoms with Gasteiger partial charge in [0, 0.05) is 30.9 Å². The van der Waals surface area contributed by atoms with Crippen molar-refractivity contribution in [2.75, 3.05) is 18.4 Å². The lowest BCUT2D eigenvalue weighted by Gasteiger charge is -2.21. The summed E-state index contributed by atoms with van der Waals surface area (Å²) in [7, 11) is 0. The second-order valence-corrected chi connectivity index (χ2v) is 6.55. The smallest absolute Gasteiger partial charge is 0.241 e. The third kappa shape index (κ3) is 2.90. The van der Waals surface area contributed by atoms with Crippen molar-refractivity contribution in [3.63, 3.8) is 0 Å². The minimum absolute atomic E-state index is 0.0648. The molecular formula is C15H23N5O.